The molecule has 1 heterocycles. The average Bonchev–Trinajstić information content (AvgIpc) is 2.70. The van der Waals surface area contributed by atoms with Gasteiger partial charge in [-0.25, -0.2) is 0 Å². The number of hydrogen-bond acceptors (Lipinski definition) is 2. The molecule has 0 amide bonds. The summed E-state index contributed by atoms with van der Waals surface area (Å²) in [5.74, 6) is 0. The number of hydrogen-bond donors (Lipinski definition) is 2. The van der Waals surface area contributed by atoms with Crippen molar-refractivity contribution in [1.29, 1.82) is 0 Å². The average molecular weight is 267 g/mol. The molecule has 1 atom stereocenters. The minimum atomic E-state index is -4.26. The minimum Gasteiger partial charge on any atom is -0.381 e. The summed E-state index contributed by atoms with van der Waals surface area (Å²) in [7, 11) is 0. The van der Waals surface area contributed by atoms with Crippen LogP contribution in [0.4, 0.5) is 18.9 Å². The highest BCUT2D eigenvalue weighted by Crippen LogP contribution is 2.29. The monoisotopic (exact) mass is 266 g/mol. The fourth-order valence-electron chi connectivity index (χ4n) is 1.77. The summed E-state index contributed by atoms with van der Waals surface area (Å²) in [6.07, 6.45) is -3.26. The van der Waals surface area contributed by atoms with E-state index < -0.39 is 11.7 Å². The first-order valence-corrected chi connectivity index (χ1v) is 5.20. The second-order valence-corrected chi connectivity index (χ2v) is 3.91. The van der Waals surface area contributed by atoms with Gasteiger partial charge in [-0.2, -0.15) is 13.2 Å². The largest absolute Gasteiger partial charge is 0.416 e. The topological polar surface area (TPSA) is 24.1 Å². The lowest BCUT2D eigenvalue weighted by atomic mass is 10.2. The molecule has 1 aliphatic heterocycles. The van der Waals surface area contributed by atoms with Crippen molar-refractivity contribution in [3.05, 3.63) is 29.8 Å². The Morgan fingerprint density at radius 1 is 1.18 bits per heavy atom. The molecule has 1 unspecified atom stereocenters. The molecule has 2 nitrogen and oxygen atoms in total. The van der Waals surface area contributed by atoms with Crippen molar-refractivity contribution in [2.75, 3.05) is 18.4 Å². The smallest absolute Gasteiger partial charge is 0.381 e. The minimum absolute atomic E-state index is 0. The van der Waals surface area contributed by atoms with Crippen LogP contribution in [0.5, 0.6) is 0 Å². The first kappa shape index (κ1) is 14.1. The van der Waals surface area contributed by atoms with Crippen LogP contribution in [-0.4, -0.2) is 19.1 Å². The van der Waals surface area contributed by atoms with Crippen molar-refractivity contribution >= 4 is 18.1 Å². The molecule has 2 N–H and O–H groups in total. The third kappa shape index (κ3) is 3.78. The number of benzene rings is 1. The van der Waals surface area contributed by atoms with Gasteiger partial charge in [0.1, 0.15) is 0 Å². The molecule has 1 aromatic rings. The third-order valence-corrected chi connectivity index (χ3v) is 2.64. The summed E-state index contributed by atoms with van der Waals surface area (Å²) in [4.78, 5) is 0. The number of anilines is 1. The molecule has 0 spiro atoms. The first-order valence-electron chi connectivity index (χ1n) is 5.20. The van der Waals surface area contributed by atoms with Crippen LogP contribution in [0, 0.1) is 0 Å². The second-order valence-electron chi connectivity index (χ2n) is 3.91. The van der Waals surface area contributed by atoms with Gasteiger partial charge in [-0.1, -0.05) is 0 Å². The van der Waals surface area contributed by atoms with Gasteiger partial charge in [-0.3, -0.25) is 0 Å². The molecule has 1 aliphatic rings. The van der Waals surface area contributed by atoms with Gasteiger partial charge < -0.3 is 10.6 Å². The summed E-state index contributed by atoms with van der Waals surface area (Å²) in [5, 5.41) is 6.38. The number of nitrogens with one attached hydrogen (secondary N) is 2. The molecule has 0 bridgehead atoms. The number of alkyl halides is 3. The Kier molecular flexibility index (Phi) is 4.65. The van der Waals surface area contributed by atoms with Gasteiger partial charge in [0, 0.05) is 18.3 Å². The molecule has 2 rings (SSSR count). The predicted octanol–water partition coefficient (Wildman–Crippen LogP) is 2.90. The van der Waals surface area contributed by atoms with E-state index in [0.717, 1.165) is 37.3 Å². The second kappa shape index (κ2) is 5.60. The molecular weight excluding hydrogens is 253 g/mol. The van der Waals surface area contributed by atoms with Crippen molar-refractivity contribution in [1.82, 2.24) is 5.32 Å². The van der Waals surface area contributed by atoms with E-state index in [1.54, 1.807) is 0 Å². The van der Waals surface area contributed by atoms with E-state index in [4.69, 9.17) is 0 Å². The molecule has 96 valence electrons. The fraction of sp³-hybridized carbons (Fsp3) is 0.455. The van der Waals surface area contributed by atoms with Crippen LogP contribution in [0.15, 0.2) is 24.3 Å². The Balaban J connectivity index is 0.00000144. The maximum Gasteiger partial charge on any atom is 0.416 e. The Morgan fingerprint density at radius 2 is 1.82 bits per heavy atom. The van der Waals surface area contributed by atoms with Crippen molar-refractivity contribution in [3.8, 4) is 0 Å². The fourth-order valence-corrected chi connectivity index (χ4v) is 1.77. The maximum absolute atomic E-state index is 12.3. The van der Waals surface area contributed by atoms with Gasteiger partial charge in [0.05, 0.1) is 5.56 Å². The van der Waals surface area contributed by atoms with Gasteiger partial charge >= 0.3 is 6.18 Å². The predicted molar refractivity (Wildman–Crippen MR) is 63.6 cm³/mol. The van der Waals surface area contributed by atoms with E-state index >= 15 is 0 Å². The lowest BCUT2D eigenvalue weighted by Gasteiger charge is -2.13. The lowest BCUT2D eigenvalue weighted by molar-refractivity contribution is -0.137. The van der Waals surface area contributed by atoms with Crippen molar-refractivity contribution in [2.24, 2.45) is 0 Å². The SMILES string of the molecule is Cl.FC(F)(F)c1ccc(NC2CCNC2)cc1. The van der Waals surface area contributed by atoms with Gasteiger partial charge in [-0.05, 0) is 37.2 Å². The Labute approximate surface area is 104 Å². The summed E-state index contributed by atoms with van der Waals surface area (Å²) in [6, 6.07) is 5.47. The van der Waals surface area contributed by atoms with E-state index in [1.807, 2.05) is 0 Å². The first-order chi connectivity index (χ1) is 7.55. The summed E-state index contributed by atoms with van der Waals surface area (Å²) in [6.45, 7) is 1.82. The van der Waals surface area contributed by atoms with E-state index in [1.165, 1.54) is 12.1 Å². The molecule has 0 aromatic heterocycles. The van der Waals surface area contributed by atoms with Crippen molar-refractivity contribution in [3.63, 3.8) is 0 Å². The van der Waals surface area contributed by atoms with Crippen LogP contribution >= 0.6 is 12.4 Å². The third-order valence-electron chi connectivity index (χ3n) is 2.64. The van der Waals surface area contributed by atoms with E-state index in [-0.39, 0.29) is 12.4 Å². The number of halogens is 4. The molecule has 6 heteroatoms. The Bertz CT molecular complexity index is 345. The quantitative estimate of drug-likeness (QED) is 0.860. The summed E-state index contributed by atoms with van der Waals surface area (Å²) in [5.41, 5.74) is 0.129. The lowest BCUT2D eigenvalue weighted by Crippen LogP contribution is -2.22. The maximum atomic E-state index is 12.3. The van der Waals surface area contributed by atoms with Gasteiger partial charge in [0.25, 0.3) is 0 Å². The standard InChI is InChI=1S/C11H13F3N2.ClH/c12-11(13,14)8-1-3-9(4-2-8)16-10-5-6-15-7-10;/h1-4,10,15-16H,5-7H2;1H. The van der Waals surface area contributed by atoms with E-state index in [0.29, 0.717) is 6.04 Å². The van der Waals surface area contributed by atoms with Crippen LogP contribution in [0.25, 0.3) is 0 Å². The molecule has 0 aliphatic carbocycles. The van der Waals surface area contributed by atoms with E-state index in [9.17, 15) is 13.2 Å². The zero-order chi connectivity index (χ0) is 11.6. The normalized spacial score (nSPS) is 19.8. The number of rotatable bonds is 2. The Hall–Kier alpha value is -0.940. The van der Waals surface area contributed by atoms with Crippen LogP contribution in [-0.2, 0) is 6.18 Å². The van der Waals surface area contributed by atoms with Gasteiger partial charge in [0.15, 0.2) is 0 Å². The summed E-state index contributed by atoms with van der Waals surface area (Å²) < 4.78 is 36.9. The van der Waals surface area contributed by atoms with E-state index in [2.05, 4.69) is 10.6 Å². The Morgan fingerprint density at radius 3 is 2.29 bits per heavy atom. The van der Waals surface area contributed by atoms with Gasteiger partial charge in [-0.15, -0.1) is 12.4 Å². The highest BCUT2D eigenvalue weighted by molar-refractivity contribution is 5.85. The van der Waals surface area contributed by atoms with Crippen molar-refractivity contribution < 1.29 is 13.2 Å². The zero-order valence-corrected chi connectivity index (χ0v) is 9.87. The van der Waals surface area contributed by atoms with Crippen LogP contribution in [0.2, 0.25) is 0 Å². The highest BCUT2D eigenvalue weighted by atomic mass is 35.5. The van der Waals surface area contributed by atoms with Crippen LogP contribution in [0.1, 0.15) is 12.0 Å². The molecule has 1 aromatic carbocycles. The highest BCUT2D eigenvalue weighted by Gasteiger charge is 2.30. The molecule has 17 heavy (non-hydrogen) atoms. The molecule has 0 radical (unpaired) electrons. The van der Waals surface area contributed by atoms with Gasteiger partial charge in [0.2, 0.25) is 0 Å². The molecule has 1 fully saturated rings. The summed E-state index contributed by atoms with van der Waals surface area (Å²) >= 11 is 0. The van der Waals surface area contributed by atoms with Crippen molar-refractivity contribution in [2.45, 2.75) is 18.6 Å². The zero-order valence-electron chi connectivity index (χ0n) is 9.05. The molecular formula is C11H14ClF3N2. The molecule has 1 saturated heterocycles. The van der Waals surface area contributed by atoms with Crippen LogP contribution < -0.4 is 10.6 Å². The molecule has 0 saturated carbocycles. The van der Waals surface area contributed by atoms with Crippen LogP contribution in [0.3, 0.4) is 0 Å².